The van der Waals surface area contributed by atoms with E-state index in [4.69, 9.17) is 12.2 Å². The predicted molar refractivity (Wildman–Crippen MR) is 78.3 cm³/mol. The van der Waals surface area contributed by atoms with E-state index in [0.29, 0.717) is 15.8 Å². The molecule has 0 radical (unpaired) electrons. The van der Waals surface area contributed by atoms with Crippen LogP contribution in [0.5, 0.6) is 0 Å². The van der Waals surface area contributed by atoms with Gasteiger partial charge >= 0.3 is 0 Å². The molecule has 1 unspecified atom stereocenters. The average molecular weight is 296 g/mol. The van der Waals surface area contributed by atoms with Crippen molar-refractivity contribution in [2.45, 2.75) is 45.6 Å². The van der Waals surface area contributed by atoms with Gasteiger partial charge in [0, 0.05) is 12.1 Å². The Morgan fingerprint density at radius 1 is 1.30 bits per heavy atom. The number of imidazole rings is 1. The molecule has 0 bridgehead atoms. The molecule has 1 N–H and O–H groups in total. The van der Waals surface area contributed by atoms with Gasteiger partial charge in [0.1, 0.15) is 11.3 Å². The van der Waals surface area contributed by atoms with Crippen molar-refractivity contribution in [2.75, 3.05) is 0 Å². The minimum atomic E-state index is -0.585. The zero-order chi connectivity index (χ0) is 14.5. The van der Waals surface area contributed by atoms with Crippen LogP contribution < -0.4 is 0 Å². The molecule has 1 aliphatic carbocycles. The summed E-state index contributed by atoms with van der Waals surface area (Å²) < 4.78 is 29.8. The summed E-state index contributed by atoms with van der Waals surface area (Å²) in [7, 11) is 0. The van der Waals surface area contributed by atoms with E-state index in [-0.39, 0.29) is 11.5 Å². The highest BCUT2D eigenvalue weighted by Gasteiger charge is 2.35. The molecule has 1 fully saturated rings. The summed E-state index contributed by atoms with van der Waals surface area (Å²) in [4.78, 5) is 2.89. The van der Waals surface area contributed by atoms with Crippen LogP contribution in [0.1, 0.15) is 45.6 Å². The Labute approximate surface area is 121 Å². The first-order valence-electron chi connectivity index (χ1n) is 6.99. The number of nitrogens with zero attached hydrogens (tertiary/aromatic N) is 1. The standard InChI is InChI=1S/C15H18F2N2S/c1-15(2)6-4-3-5-12(15)19-11-8-9(16)7-10(17)13(11)18-14(19)20/h7-8,12H,3-6H2,1-2H3,(H,18,20). The summed E-state index contributed by atoms with van der Waals surface area (Å²) in [6.07, 6.45) is 4.42. The maximum Gasteiger partial charge on any atom is 0.178 e. The van der Waals surface area contributed by atoms with Crippen molar-refractivity contribution in [1.82, 2.24) is 9.55 Å². The van der Waals surface area contributed by atoms with Crippen LogP contribution in [0.25, 0.3) is 11.0 Å². The Balaban J connectivity index is 2.25. The number of aromatic nitrogens is 2. The van der Waals surface area contributed by atoms with Crippen molar-refractivity contribution in [3.8, 4) is 0 Å². The number of halogens is 2. The molecule has 0 aliphatic heterocycles. The number of benzene rings is 1. The molecule has 1 aromatic heterocycles. The summed E-state index contributed by atoms with van der Waals surface area (Å²) in [6.45, 7) is 4.40. The molecule has 20 heavy (non-hydrogen) atoms. The average Bonchev–Trinajstić information content (AvgIpc) is 2.66. The molecule has 5 heteroatoms. The quantitative estimate of drug-likeness (QED) is 0.724. The third-order valence-electron chi connectivity index (χ3n) is 4.51. The second-order valence-electron chi connectivity index (χ2n) is 6.33. The highest BCUT2D eigenvalue weighted by atomic mass is 32.1. The number of hydrogen-bond acceptors (Lipinski definition) is 1. The number of H-pyrrole nitrogens is 1. The molecule has 108 valence electrons. The molecule has 2 nitrogen and oxygen atoms in total. The van der Waals surface area contributed by atoms with Gasteiger partial charge in [-0.3, -0.25) is 0 Å². The Kier molecular flexibility index (Phi) is 3.20. The number of hydrogen-bond donors (Lipinski definition) is 1. The molecule has 1 saturated carbocycles. The van der Waals surface area contributed by atoms with E-state index >= 15 is 0 Å². The first-order valence-corrected chi connectivity index (χ1v) is 7.40. The van der Waals surface area contributed by atoms with Crippen molar-refractivity contribution in [1.29, 1.82) is 0 Å². The molecule has 1 heterocycles. The van der Waals surface area contributed by atoms with Gasteiger partial charge in [0.15, 0.2) is 10.6 Å². The molecule has 1 atom stereocenters. The zero-order valence-electron chi connectivity index (χ0n) is 11.7. The summed E-state index contributed by atoms with van der Waals surface area (Å²) in [5.41, 5.74) is 0.916. The van der Waals surface area contributed by atoms with E-state index in [1.807, 2.05) is 4.57 Å². The van der Waals surface area contributed by atoms with Gasteiger partial charge in [-0.15, -0.1) is 0 Å². The molecular weight excluding hydrogens is 278 g/mol. The van der Waals surface area contributed by atoms with Crippen molar-refractivity contribution in [2.24, 2.45) is 5.41 Å². The number of nitrogens with one attached hydrogen (secondary N) is 1. The van der Waals surface area contributed by atoms with Gasteiger partial charge in [0.05, 0.1) is 5.52 Å². The van der Waals surface area contributed by atoms with Crippen LogP contribution in [0.15, 0.2) is 12.1 Å². The van der Waals surface area contributed by atoms with Gasteiger partial charge in [0.2, 0.25) is 0 Å². The predicted octanol–water partition coefficient (Wildman–Crippen LogP) is 5.12. The SMILES string of the molecule is CC1(C)CCCCC1n1c(=S)[nH]c2c(F)cc(F)cc21. The summed E-state index contributed by atoms with van der Waals surface area (Å²) in [6, 6.07) is 2.44. The lowest BCUT2D eigenvalue weighted by Gasteiger charge is -2.39. The Morgan fingerprint density at radius 3 is 2.75 bits per heavy atom. The lowest BCUT2D eigenvalue weighted by molar-refractivity contribution is 0.146. The molecule has 1 aromatic carbocycles. The third-order valence-corrected chi connectivity index (χ3v) is 4.81. The van der Waals surface area contributed by atoms with Crippen molar-refractivity contribution in [3.05, 3.63) is 28.5 Å². The maximum absolute atomic E-state index is 13.9. The van der Waals surface area contributed by atoms with Gasteiger partial charge in [0.25, 0.3) is 0 Å². The van der Waals surface area contributed by atoms with Gasteiger partial charge in [-0.05, 0) is 36.5 Å². The van der Waals surface area contributed by atoms with Crippen LogP contribution in [0, 0.1) is 21.8 Å². The fraction of sp³-hybridized carbons (Fsp3) is 0.533. The molecule has 0 spiro atoms. The lowest BCUT2D eigenvalue weighted by Crippen LogP contribution is -2.30. The van der Waals surface area contributed by atoms with Crippen molar-refractivity contribution >= 4 is 23.3 Å². The highest BCUT2D eigenvalue weighted by molar-refractivity contribution is 7.71. The molecule has 0 amide bonds. The normalized spacial score (nSPS) is 22.3. The summed E-state index contributed by atoms with van der Waals surface area (Å²) >= 11 is 5.36. The molecule has 3 rings (SSSR count). The lowest BCUT2D eigenvalue weighted by atomic mass is 9.73. The van der Waals surface area contributed by atoms with E-state index in [2.05, 4.69) is 18.8 Å². The minimum Gasteiger partial charge on any atom is -0.328 e. The van der Waals surface area contributed by atoms with E-state index in [9.17, 15) is 8.78 Å². The fourth-order valence-corrected chi connectivity index (χ4v) is 3.74. The fourth-order valence-electron chi connectivity index (χ4n) is 3.41. The summed E-state index contributed by atoms with van der Waals surface area (Å²) in [5.74, 6) is -1.15. The van der Waals surface area contributed by atoms with E-state index in [1.54, 1.807) is 0 Å². The van der Waals surface area contributed by atoms with Gasteiger partial charge in [-0.2, -0.15) is 0 Å². The monoisotopic (exact) mass is 296 g/mol. The number of rotatable bonds is 1. The smallest absolute Gasteiger partial charge is 0.178 e. The summed E-state index contributed by atoms with van der Waals surface area (Å²) in [5, 5.41) is 0. The Hall–Kier alpha value is -1.23. The molecule has 0 saturated heterocycles. The van der Waals surface area contributed by atoms with Crippen LogP contribution in [0.2, 0.25) is 0 Å². The zero-order valence-corrected chi connectivity index (χ0v) is 12.5. The molecular formula is C15H18F2N2S. The topological polar surface area (TPSA) is 20.7 Å². The highest BCUT2D eigenvalue weighted by Crippen LogP contribution is 2.45. The third kappa shape index (κ3) is 2.08. The van der Waals surface area contributed by atoms with Crippen molar-refractivity contribution in [3.63, 3.8) is 0 Å². The van der Waals surface area contributed by atoms with Crippen LogP contribution in [-0.4, -0.2) is 9.55 Å². The first-order chi connectivity index (χ1) is 9.40. The Bertz CT molecular complexity index is 714. The van der Waals surface area contributed by atoms with Crippen LogP contribution in [0.4, 0.5) is 8.78 Å². The second-order valence-corrected chi connectivity index (χ2v) is 6.72. The van der Waals surface area contributed by atoms with E-state index < -0.39 is 11.6 Å². The van der Waals surface area contributed by atoms with Crippen LogP contribution >= 0.6 is 12.2 Å². The van der Waals surface area contributed by atoms with Gasteiger partial charge in [-0.1, -0.05) is 26.7 Å². The van der Waals surface area contributed by atoms with Crippen molar-refractivity contribution < 1.29 is 8.78 Å². The number of aromatic amines is 1. The second kappa shape index (κ2) is 4.65. The van der Waals surface area contributed by atoms with Gasteiger partial charge < -0.3 is 9.55 Å². The van der Waals surface area contributed by atoms with E-state index in [0.717, 1.165) is 25.3 Å². The van der Waals surface area contributed by atoms with Gasteiger partial charge in [-0.25, -0.2) is 8.78 Å². The van der Waals surface area contributed by atoms with Crippen LogP contribution in [-0.2, 0) is 0 Å². The largest absolute Gasteiger partial charge is 0.328 e. The molecule has 2 aromatic rings. The maximum atomic E-state index is 13.9. The van der Waals surface area contributed by atoms with Crippen LogP contribution in [0.3, 0.4) is 0 Å². The number of fused-ring (bicyclic) bond motifs is 1. The molecule has 1 aliphatic rings. The first kappa shape index (κ1) is 13.7. The van der Waals surface area contributed by atoms with E-state index in [1.165, 1.54) is 12.5 Å². The Morgan fingerprint density at radius 2 is 2.05 bits per heavy atom. The minimum absolute atomic E-state index is 0.0778.